The molecule has 1 aliphatic carbocycles. The molecule has 2 aliphatic rings. The first-order valence-electron chi connectivity index (χ1n) is 11.6. The topological polar surface area (TPSA) is 66.8 Å². The molecule has 1 saturated heterocycles. The summed E-state index contributed by atoms with van der Waals surface area (Å²) in [5.74, 6) is -0.750. The molecular formula is C27H39NO4. The van der Waals surface area contributed by atoms with Gasteiger partial charge in [0.15, 0.2) is 0 Å². The fourth-order valence-corrected chi connectivity index (χ4v) is 4.48. The number of carbonyl (C=O) groups excluding carboxylic acids is 2. The average Bonchev–Trinajstić information content (AvgIpc) is 3.09. The number of ether oxygens (including phenoxy) is 1. The standard InChI is InChI=1S/C27H39NO4/c1-7-32-26(31)24-17-22(29)18-28(24)25(30)16-20(3)11-8-10-19(2)13-14-23-21(4)12-9-15-27(23,5)6/h8,10-11,13-14,16,22,24,29H,7,9,12,15,17-18H2,1-6H3/t22-,24+/m1/s1. The van der Waals surface area contributed by atoms with Crippen molar-refractivity contribution in [3.05, 3.63) is 58.7 Å². The molecule has 1 aliphatic heterocycles. The summed E-state index contributed by atoms with van der Waals surface area (Å²) in [5.41, 5.74) is 5.04. The molecule has 0 aromatic heterocycles. The van der Waals surface area contributed by atoms with E-state index >= 15 is 0 Å². The first-order valence-corrected chi connectivity index (χ1v) is 11.6. The highest BCUT2D eigenvalue weighted by Crippen LogP contribution is 2.40. The summed E-state index contributed by atoms with van der Waals surface area (Å²) in [6.45, 7) is 12.9. The first kappa shape index (κ1) is 25.9. The zero-order chi connectivity index (χ0) is 23.9. The number of amides is 1. The fourth-order valence-electron chi connectivity index (χ4n) is 4.48. The zero-order valence-electron chi connectivity index (χ0n) is 20.5. The van der Waals surface area contributed by atoms with Crippen LogP contribution in [0.4, 0.5) is 0 Å². The van der Waals surface area contributed by atoms with Crippen molar-refractivity contribution < 1.29 is 19.4 Å². The molecule has 1 heterocycles. The molecule has 0 bridgehead atoms. The van der Waals surface area contributed by atoms with Crippen molar-refractivity contribution >= 4 is 11.9 Å². The Hall–Kier alpha value is -2.40. The lowest BCUT2D eigenvalue weighted by atomic mass is 9.72. The molecule has 0 saturated carbocycles. The van der Waals surface area contributed by atoms with E-state index in [4.69, 9.17) is 4.74 Å². The number of esters is 1. The van der Waals surface area contributed by atoms with Crippen molar-refractivity contribution in [2.75, 3.05) is 13.2 Å². The molecule has 1 amide bonds. The Labute approximate surface area is 193 Å². The van der Waals surface area contributed by atoms with Gasteiger partial charge in [0.25, 0.3) is 0 Å². The number of likely N-dealkylation sites (tertiary alicyclic amines) is 1. The molecule has 2 atom stereocenters. The molecule has 0 aromatic rings. The van der Waals surface area contributed by atoms with E-state index in [1.807, 2.05) is 25.2 Å². The SMILES string of the molecule is CCOC(=O)[C@@H]1C[C@@H](O)CN1C(=O)C=C(C)C=CC=C(C)C=CC1=C(C)CCCC1(C)C. The molecule has 0 aromatic carbocycles. The first-order chi connectivity index (χ1) is 15.0. The summed E-state index contributed by atoms with van der Waals surface area (Å²) in [6, 6.07) is -0.723. The number of rotatable bonds is 7. The number of hydrogen-bond donors (Lipinski definition) is 1. The maximum Gasteiger partial charge on any atom is 0.328 e. The van der Waals surface area contributed by atoms with E-state index in [2.05, 4.69) is 39.8 Å². The van der Waals surface area contributed by atoms with Gasteiger partial charge in [0.2, 0.25) is 5.91 Å². The second-order valence-corrected chi connectivity index (χ2v) is 9.57. The smallest absolute Gasteiger partial charge is 0.328 e. The lowest BCUT2D eigenvalue weighted by Gasteiger charge is -2.32. The highest BCUT2D eigenvalue weighted by molar-refractivity contribution is 5.93. The van der Waals surface area contributed by atoms with Crippen LogP contribution in [0, 0.1) is 5.41 Å². The van der Waals surface area contributed by atoms with E-state index in [0.717, 1.165) is 11.1 Å². The summed E-state index contributed by atoms with van der Waals surface area (Å²) in [6.07, 6.45) is 14.9. The van der Waals surface area contributed by atoms with Crippen LogP contribution in [0.3, 0.4) is 0 Å². The van der Waals surface area contributed by atoms with Gasteiger partial charge in [-0.3, -0.25) is 4.79 Å². The van der Waals surface area contributed by atoms with Gasteiger partial charge in [-0.1, -0.05) is 55.4 Å². The Bertz CT molecular complexity index is 857. The molecule has 1 N–H and O–H groups in total. The lowest BCUT2D eigenvalue weighted by Crippen LogP contribution is -2.40. The predicted octanol–water partition coefficient (Wildman–Crippen LogP) is 5.04. The van der Waals surface area contributed by atoms with Crippen LogP contribution in [0.1, 0.15) is 67.2 Å². The minimum Gasteiger partial charge on any atom is -0.464 e. The van der Waals surface area contributed by atoms with Gasteiger partial charge in [-0.15, -0.1) is 0 Å². The van der Waals surface area contributed by atoms with Crippen LogP contribution in [-0.4, -0.2) is 47.2 Å². The van der Waals surface area contributed by atoms with Gasteiger partial charge < -0.3 is 14.7 Å². The van der Waals surface area contributed by atoms with Crippen LogP contribution in [0.25, 0.3) is 0 Å². The second kappa shape index (κ2) is 11.5. The van der Waals surface area contributed by atoms with Gasteiger partial charge in [-0.2, -0.15) is 0 Å². The lowest BCUT2D eigenvalue weighted by molar-refractivity contribution is -0.151. The van der Waals surface area contributed by atoms with Crippen molar-refractivity contribution in [1.29, 1.82) is 0 Å². The normalized spacial score (nSPS) is 24.7. The molecule has 176 valence electrons. The van der Waals surface area contributed by atoms with Gasteiger partial charge in [0, 0.05) is 19.0 Å². The minimum atomic E-state index is -0.723. The van der Waals surface area contributed by atoms with Gasteiger partial charge in [-0.25, -0.2) is 4.79 Å². The van der Waals surface area contributed by atoms with Crippen LogP contribution in [-0.2, 0) is 14.3 Å². The Balaban J connectivity index is 2.02. The van der Waals surface area contributed by atoms with E-state index in [-0.39, 0.29) is 30.9 Å². The predicted molar refractivity (Wildman–Crippen MR) is 129 cm³/mol. The Morgan fingerprint density at radius 1 is 1.22 bits per heavy atom. The van der Waals surface area contributed by atoms with E-state index in [0.29, 0.717) is 0 Å². The van der Waals surface area contributed by atoms with Crippen molar-refractivity contribution in [2.24, 2.45) is 5.41 Å². The molecule has 5 nitrogen and oxygen atoms in total. The van der Waals surface area contributed by atoms with Crippen LogP contribution in [0.15, 0.2) is 58.7 Å². The number of allylic oxidation sites excluding steroid dienone is 9. The van der Waals surface area contributed by atoms with Gasteiger partial charge >= 0.3 is 5.97 Å². The summed E-state index contributed by atoms with van der Waals surface area (Å²) in [5, 5.41) is 9.91. The van der Waals surface area contributed by atoms with Crippen molar-refractivity contribution in [1.82, 2.24) is 4.90 Å². The van der Waals surface area contributed by atoms with Gasteiger partial charge in [0.05, 0.1) is 12.7 Å². The van der Waals surface area contributed by atoms with Crippen LogP contribution < -0.4 is 0 Å². The van der Waals surface area contributed by atoms with E-state index in [1.165, 1.54) is 41.4 Å². The zero-order valence-corrected chi connectivity index (χ0v) is 20.5. The van der Waals surface area contributed by atoms with Crippen molar-refractivity contribution in [2.45, 2.75) is 79.4 Å². The second-order valence-electron chi connectivity index (χ2n) is 9.57. The molecule has 0 unspecified atom stereocenters. The maximum atomic E-state index is 12.7. The molecule has 1 fully saturated rings. The Morgan fingerprint density at radius 3 is 2.59 bits per heavy atom. The van der Waals surface area contributed by atoms with E-state index in [9.17, 15) is 14.7 Å². The average molecular weight is 442 g/mol. The van der Waals surface area contributed by atoms with Gasteiger partial charge in [-0.05, 0) is 63.5 Å². The third kappa shape index (κ3) is 7.06. The van der Waals surface area contributed by atoms with Crippen LogP contribution in [0.2, 0.25) is 0 Å². The number of aliphatic hydroxyl groups is 1. The van der Waals surface area contributed by atoms with Crippen molar-refractivity contribution in [3.63, 3.8) is 0 Å². The highest BCUT2D eigenvalue weighted by atomic mass is 16.5. The molecule has 0 spiro atoms. The number of aliphatic hydroxyl groups excluding tert-OH is 1. The molecule has 2 rings (SSSR count). The summed E-state index contributed by atoms with van der Waals surface area (Å²) < 4.78 is 5.04. The maximum absolute atomic E-state index is 12.7. The molecular weight excluding hydrogens is 402 g/mol. The van der Waals surface area contributed by atoms with Gasteiger partial charge in [0.1, 0.15) is 6.04 Å². The monoisotopic (exact) mass is 441 g/mol. The number of hydrogen-bond acceptors (Lipinski definition) is 4. The number of β-amino-alcohol motifs (C(OH)–C–C–N with tert-alkyl or cyclic N) is 1. The third-order valence-corrected chi connectivity index (χ3v) is 6.25. The summed E-state index contributed by atoms with van der Waals surface area (Å²) >= 11 is 0. The Morgan fingerprint density at radius 2 is 1.94 bits per heavy atom. The van der Waals surface area contributed by atoms with Crippen LogP contribution in [0.5, 0.6) is 0 Å². The number of carbonyl (C=O) groups is 2. The summed E-state index contributed by atoms with van der Waals surface area (Å²) in [4.78, 5) is 26.1. The van der Waals surface area contributed by atoms with E-state index < -0.39 is 18.1 Å². The Kier molecular flexibility index (Phi) is 9.26. The van der Waals surface area contributed by atoms with Crippen molar-refractivity contribution in [3.8, 4) is 0 Å². The summed E-state index contributed by atoms with van der Waals surface area (Å²) in [7, 11) is 0. The highest BCUT2D eigenvalue weighted by Gasteiger charge is 2.39. The molecule has 32 heavy (non-hydrogen) atoms. The third-order valence-electron chi connectivity index (χ3n) is 6.25. The number of nitrogens with zero attached hydrogens (tertiary/aromatic N) is 1. The largest absolute Gasteiger partial charge is 0.464 e. The molecule has 5 heteroatoms. The van der Waals surface area contributed by atoms with E-state index in [1.54, 1.807) is 6.92 Å². The van der Waals surface area contributed by atoms with Crippen LogP contribution >= 0.6 is 0 Å². The minimum absolute atomic E-state index is 0.144. The molecule has 0 radical (unpaired) electrons. The quantitative estimate of drug-likeness (QED) is 0.341. The fraction of sp³-hybridized carbons (Fsp3) is 0.556.